The topological polar surface area (TPSA) is 148 Å². The molecule has 0 atom stereocenters. The summed E-state index contributed by atoms with van der Waals surface area (Å²) in [5.41, 5.74) is 2.08. The van der Waals surface area contributed by atoms with Crippen LogP contribution in [-0.4, -0.2) is 40.9 Å². The predicted molar refractivity (Wildman–Crippen MR) is 172 cm³/mol. The maximum Gasteiger partial charge on any atom is 0.206 e. The number of benzene rings is 3. The lowest BCUT2D eigenvalue weighted by Crippen LogP contribution is -2.10. The van der Waals surface area contributed by atoms with E-state index in [1.807, 2.05) is 0 Å². The van der Waals surface area contributed by atoms with Crippen LogP contribution in [0, 0.1) is 0 Å². The summed E-state index contributed by atoms with van der Waals surface area (Å²) in [5, 5.41) is 1.59. The van der Waals surface area contributed by atoms with Gasteiger partial charge in [-0.3, -0.25) is 19.6 Å². The van der Waals surface area contributed by atoms with E-state index in [2.05, 4.69) is 9.98 Å². The lowest BCUT2D eigenvalue weighted by atomic mass is 10.1. The van der Waals surface area contributed by atoms with Crippen molar-refractivity contribution >= 4 is 67.7 Å². The minimum Gasteiger partial charge on any atom is -0.495 e. The van der Waals surface area contributed by atoms with Crippen LogP contribution >= 0.6 is 0 Å². The predicted octanol–water partition coefficient (Wildman–Crippen LogP) is 6.93. The summed E-state index contributed by atoms with van der Waals surface area (Å²) in [7, 11) is 5.87. The molecular weight excluding hydrogens is 596 g/mol. The average molecular weight is 621 g/mol. The molecule has 0 aliphatic heterocycles. The van der Waals surface area contributed by atoms with Gasteiger partial charge in [-0.25, -0.2) is 0 Å². The summed E-state index contributed by atoms with van der Waals surface area (Å²) < 4.78 is 44.7. The summed E-state index contributed by atoms with van der Waals surface area (Å²) in [6.07, 6.45) is 8.40. The van der Waals surface area contributed by atoms with Gasteiger partial charge in [0.2, 0.25) is 22.4 Å². The minimum atomic E-state index is -0.346. The van der Waals surface area contributed by atoms with Gasteiger partial charge < -0.3 is 36.6 Å². The number of methoxy groups -OCH3 is 4. The van der Waals surface area contributed by atoms with Crippen molar-refractivity contribution in [3.05, 3.63) is 93.0 Å². The second-order valence-corrected chi connectivity index (χ2v) is 9.94. The molecule has 0 N–H and O–H groups in total. The monoisotopic (exact) mass is 620 g/mol. The number of aliphatic imine (C=N–C) groups is 2. The van der Waals surface area contributed by atoms with Crippen molar-refractivity contribution in [2.24, 2.45) is 9.98 Å². The van der Waals surface area contributed by atoms with Crippen LogP contribution in [0.2, 0.25) is 0 Å². The molecule has 0 amide bonds. The number of hydrogen-bond acceptors (Lipinski definition) is 12. The lowest BCUT2D eigenvalue weighted by molar-refractivity contribution is 0.400. The van der Waals surface area contributed by atoms with Gasteiger partial charge in [-0.15, -0.1) is 0 Å². The molecule has 7 rings (SSSR count). The van der Waals surface area contributed by atoms with Crippen LogP contribution < -0.4 is 29.8 Å². The fourth-order valence-electron chi connectivity index (χ4n) is 5.40. The molecule has 0 aliphatic rings. The zero-order valence-corrected chi connectivity index (χ0v) is 24.9. The Morgan fingerprint density at radius 2 is 0.913 bits per heavy atom. The molecule has 4 heterocycles. The highest BCUT2D eigenvalue weighted by Crippen LogP contribution is 2.43. The van der Waals surface area contributed by atoms with Crippen molar-refractivity contribution in [2.75, 3.05) is 28.4 Å². The van der Waals surface area contributed by atoms with Gasteiger partial charge in [0.1, 0.15) is 34.8 Å². The van der Waals surface area contributed by atoms with Gasteiger partial charge in [0.25, 0.3) is 0 Å². The smallest absolute Gasteiger partial charge is 0.206 e. The zero-order valence-electron chi connectivity index (χ0n) is 24.9. The molecule has 0 unspecified atom stereocenters. The molecule has 7 aromatic rings. The molecule has 3 aromatic carbocycles. The van der Waals surface area contributed by atoms with E-state index in [9.17, 15) is 9.59 Å². The van der Waals surface area contributed by atoms with E-state index in [-0.39, 0.29) is 43.9 Å². The van der Waals surface area contributed by atoms with Gasteiger partial charge in [0, 0.05) is 12.4 Å². The highest BCUT2D eigenvalue weighted by atomic mass is 16.5. The van der Waals surface area contributed by atoms with Gasteiger partial charge >= 0.3 is 0 Å². The molecule has 12 nitrogen and oxygen atoms in total. The first kappa shape index (κ1) is 28.5. The third kappa shape index (κ3) is 4.38. The molecule has 0 saturated heterocycles. The Balaban J connectivity index is 1.18. The van der Waals surface area contributed by atoms with Crippen molar-refractivity contribution < 1.29 is 36.6 Å². The highest BCUT2D eigenvalue weighted by Gasteiger charge is 2.24. The van der Waals surface area contributed by atoms with Crippen molar-refractivity contribution in [1.82, 2.24) is 0 Å². The van der Waals surface area contributed by atoms with Gasteiger partial charge in [-0.05, 0) is 36.4 Å². The largest absolute Gasteiger partial charge is 0.495 e. The molecule has 0 bridgehead atoms. The number of furan rings is 2. The number of fused-ring (bicyclic) bond motifs is 4. The van der Waals surface area contributed by atoms with E-state index in [0.717, 1.165) is 0 Å². The minimum absolute atomic E-state index is 0.207. The average Bonchev–Trinajstić information content (AvgIpc) is 3.77. The SMILES string of the molecule is COc1c2occc2c(OC)c2c(=O)c(C=Nc3ccc(N=Cc4coc5c(OC)c6occc6c(OC)c5c4=O)cc3)coc12. The number of nitrogens with zero attached hydrogens (tertiary/aromatic N) is 2. The van der Waals surface area contributed by atoms with Crippen LogP contribution in [0.4, 0.5) is 11.4 Å². The molecule has 12 heteroatoms. The third-order valence-corrected chi connectivity index (χ3v) is 7.51. The zero-order chi connectivity index (χ0) is 31.9. The fraction of sp³-hybridized carbons (Fsp3) is 0.118. The first-order chi connectivity index (χ1) is 22.5. The van der Waals surface area contributed by atoms with Crippen molar-refractivity contribution in [2.45, 2.75) is 0 Å². The second-order valence-electron chi connectivity index (χ2n) is 9.94. The van der Waals surface area contributed by atoms with Crippen LogP contribution in [0.5, 0.6) is 23.0 Å². The van der Waals surface area contributed by atoms with E-state index < -0.39 is 0 Å². The Labute approximate surface area is 258 Å². The second kappa shape index (κ2) is 11.3. The third-order valence-electron chi connectivity index (χ3n) is 7.51. The molecule has 4 aromatic heterocycles. The quantitative estimate of drug-likeness (QED) is 0.164. The maximum atomic E-state index is 13.5. The Morgan fingerprint density at radius 3 is 1.28 bits per heavy atom. The van der Waals surface area contributed by atoms with E-state index in [4.69, 9.17) is 36.6 Å². The Bertz CT molecular complexity index is 2290. The molecular formula is C34H24N2O10. The van der Waals surface area contributed by atoms with Gasteiger partial charge in [0.05, 0.1) is 74.2 Å². The molecule has 0 spiro atoms. The van der Waals surface area contributed by atoms with Crippen LogP contribution in [0.15, 0.2) is 98.7 Å². The summed E-state index contributed by atoms with van der Waals surface area (Å²) in [6.45, 7) is 0. The molecule has 0 fully saturated rings. The Kier molecular flexibility index (Phi) is 7.01. The fourth-order valence-corrected chi connectivity index (χ4v) is 5.40. The van der Waals surface area contributed by atoms with Crippen LogP contribution in [0.1, 0.15) is 11.1 Å². The first-order valence-electron chi connectivity index (χ1n) is 13.8. The molecule has 0 saturated carbocycles. The van der Waals surface area contributed by atoms with Crippen LogP contribution in [0.25, 0.3) is 43.9 Å². The van der Waals surface area contributed by atoms with Crippen molar-refractivity contribution in [3.8, 4) is 23.0 Å². The highest BCUT2D eigenvalue weighted by molar-refractivity contribution is 6.08. The number of rotatable bonds is 8. The normalized spacial score (nSPS) is 11.9. The van der Waals surface area contributed by atoms with Crippen molar-refractivity contribution in [3.63, 3.8) is 0 Å². The first-order valence-corrected chi connectivity index (χ1v) is 13.8. The Morgan fingerprint density at radius 1 is 0.522 bits per heavy atom. The van der Waals surface area contributed by atoms with E-state index >= 15 is 0 Å². The van der Waals surface area contributed by atoms with E-state index in [1.54, 1.807) is 36.4 Å². The standard InChI is InChI=1S/C34H24N2O10/c1-39-27-21-9-11-43-29(21)33(41-3)31-23(27)25(37)17(15-45-31)13-35-19-5-7-20(8-6-19)36-14-18-16-46-32-24(26(18)38)28(40-2)22-10-12-44-30(22)34(32)42-4/h5-16H,1-4H3. The maximum absolute atomic E-state index is 13.5. The molecule has 46 heavy (non-hydrogen) atoms. The summed E-state index contributed by atoms with van der Waals surface area (Å²) >= 11 is 0. The van der Waals surface area contributed by atoms with Gasteiger partial charge in [-0.1, -0.05) is 0 Å². The molecule has 0 aliphatic carbocycles. The van der Waals surface area contributed by atoms with Gasteiger partial charge in [-0.2, -0.15) is 0 Å². The summed E-state index contributed by atoms with van der Waals surface area (Å²) in [6, 6.07) is 10.3. The number of ether oxygens (including phenoxy) is 4. The molecule has 0 radical (unpaired) electrons. The van der Waals surface area contributed by atoms with Gasteiger partial charge in [0.15, 0.2) is 22.3 Å². The van der Waals surface area contributed by atoms with Crippen LogP contribution in [-0.2, 0) is 0 Å². The van der Waals surface area contributed by atoms with Crippen LogP contribution in [0.3, 0.4) is 0 Å². The van der Waals surface area contributed by atoms with E-state index in [1.165, 1.54) is 65.9 Å². The summed E-state index contributed by atoms with van der Waals surface area (Å²) in [5.74, 6) is 1.23. The van der Waals surface area contributed by atoms with Crippen molar-refractivity contribution in [1.29, 1.82) is 0 Å². The summed E-state index contributed by atoms with van der Waals surface area (Å²) in [4.78, 5) is 35.8. The number of hydrogen-bond donors (Lipinski definition) is 0. The Hall–Kier alpha value is -6.30. The van der Waals surface area contributed by atoms with E-state index in [0.29, 0.717) is 56.3 Å². The lowest BCUT2D eigenvalue weighted by Gasteiger charge is -2.10. The molecule has 230 valence electrons.